The van der Waals surface area contributed by atoms with Crippen molar-refractivity contribution in [1.82, 2.24) is 0 Å². The molecule has 0 spiro atoms. The number of halogens is 4. The highest BCUT2D eigenvalue weighted by atomic mass is 19.1. The largest absolute Gasteiger partial charge is 0.493 e. The first-order valence-corrected chi connectivity index (χ1v) is 16.9. The summed E-state index contributed by atoms with van der Waals surface area (Å²) in [5.74, 6) is 0.118. The summed E-state index contributed by atoms with van der Waals surface area (Å²) in [6.07, 6.45) is 12.6. The maximum Gasteiger partial charge on any atom is 0.134 e. The van der Waals surface area contributed by atoms with Gasteiger partial charge in [-0.05, 0) is 91.3 Å². The quantitative estimate of drug-likeness (QED) is 0.0720. The van der Waals surface area contributed by atoms with Crippen molar-refractivity contribution in [3.05, 3.63) is 108 Å². The second-order valence-corrected chi connectivity index (χ2v) is 12.1. The zero-order valence-electron chi connectivity index (χ0n) is 27.0. The number of aliphatic hydroxyl groups is 1. The molecule has 0 amide bonds. The Morgan fingerprint density at radius 2 is 0.872 bits per heavy atom. The lowest BCUT2D eigenvalue weighted by atomic mass is 9.90. The zero-order chi connectivity index (χ0) is 33.3. The summed E-state index contributed by atoms with van der Waals surface area (Å²) < 4.78 is 67.0. The van der Waals surface area contributed by atoms with Gasteiger partial charge in [-0.2, -0.15) is 0 Å². The number of ether oxygens (including phenoxy) is 2. The van der Waals surface area contributed by atoms with Gasteiger partial charge in [-0.15, -0.1) is 0 Å². The fraction of sp³-hybridized carbons (Fsp3) is 0.400. The number of rotatable bonds is 21. The number of aliphatic hydroxyl groups excluding tert-OH is 1. The van der Waals surface area contributed by atoms with E-state index in [2.05, 4.69) is 0 Å². The van der Waals surface area contributed by atoms with Crippen LogP contribution in [0.15, 0.2) is 84.9 Å². The molecule has 1 N–H and O–H groups in total. The predicted octanol–water partition coefficient (Wildman–Crippen LogP) is 11.3. The Balaban J connectivity index is 1.05. The molecule has 4 aromatic rings. The van der Waals surface area contributed by atoms with E-state index in [1.54, 1.807) is 48.5 Å². The van der Waals surface area contributed by atoms with Crippen LogP contribution in [0.4, 0.5) is 17.6 Å². The van der Waals surface area contributed by atoms with Gasteiger partial charge in [0.15, 0.2) is 0 Å². The average Bonchev–Trinajstić information content (AvgIpc) is 3.07. The summed E-state index contributed by atoms with van der Waals surface area (Å²) >= 11 is 0. The molecule has 0 unspecified atom stereocenters. The summed E-state index contributed by atoms with van der Waals surface area (Å²) in [6, 6.07) is 21.1. The maximum atomic E-state index is 14.6. The number of benzene rings is 4. The van der Waals surface area contributed by atoms with E-state index >= 15 is 0 Å². The first-order valence-electron chi connectivity index (χ1n) is 16.9. The Hall–Kier alpha value is -3.84. The molecule has 4 aromatic carbocycles. The Kier molecular flexibility index (Phi) is 15.1. The second kappa shape index (κ2) is 19.7. The van der Waals surface area contributed by atoms with Crippen molar-refractivity contribution in [1.29, 1.82) is 0 Å². The van der Waals surface area contributed by atoms with Crippen LogP contribution < -0.4 is 9.47 Å². The molecule has 0 saturated carbocycles. The summed E-state index contributed by atoms with van der Waals surface area (Å²) in [6.45, 7) is 1.29. The molecule has 0 heterocycles. The van der Waals surface area contributed by atoms with E-state index in [1.807, 2.05) is 0 Å². The molecule has 0 aliphatic heterocycles. The smallest absolute Gasteiger partial charge is 0.134 e. The third-order valence-corrected chi connectivity index (χ3v) is 8.51. The molecule has 4 rings (SSSR count). The molecule has 0 radical (unpaired) electrons. The summed E-state index contributed by atoms with van der Waals surface area (Å²) in [5, 5.41) is 9.34. The molecule has 0 saturated heterocycles. The average molecular weight is 651 g/mol. The van der Waals surface area contributed by atoms with Crippen molar-refractivity contribution in [3.8, 4) is 33.8 Å². The first kappa shape index (κ1) is 36.0. The van der Waals surface area contributed by atoms with Gasteiger partial charge in [0.1, 0.15) is 34.8 Å². The minimum atomic E-state index is -0.390. The third-order valence-electron chi connectivity index (χ3n) is 8.51. The van der Waals surface area contributed by atoms with Crippen LogP contribution in [0.25, 0.3) is 22.3 Å². The van der Waals surface area contributed by atoms with Crippen LogP contribution in [0.2, 0.25) is 0 Å². The van der Waals surface area contributed by atoms with Gasteiger partial charge in [-0.1, -0.05) is 75.6 Å². The highest BCUT2D eigenvalue weighted by molar-refractivity contribution is 5.65. The van der Waals surface area contributed by atoms with Crippen LogP contribution >= 0.6 is 0 Å². The summed E-state index contributed by atoms with van der Waals surface area (Å²) in [7, 11) is 0. The van der Waals surface area contributed by atoms with Gasteiger partial charge in [-0.25, -0.2) is 17.6 Å². The van der Waals surface area contributed by atoms with E-state index in [0.717, 1.165) is 77.0 Å². The van der Waals surface area contributed by atoms with Crippen molar-refractivity contribution >= 4 is 0 Å². The van der Waals surface area contributed by atoms with Gasteiger partial charge in [-0.3, -0.25) is 0 Å². The van der Waals surface area contributed by atoms with Crippen molar-refractivity contribution in [2.75, 3.05) is 19.8 Å². The number of unbranched alkanes of at least 4 members (excludes halogenated alkanes) is 6. The third kappa shape index (κ3) is 12.4. The van der Waals surface area contributed by atoms with E-state index < -0.39 is 0 Å². The molecule has 7 heteroatoms. The molecule has 0 aliphatic rings. The zero-order valence-corrected chi connectivity index (χ0v) is 27.0. The van der Waals surface area contributed by atoms with E-state index in [9.17, 15) is 22.7 Å². The SMILES string of the molecule is OCCCC(CCCCCCOc1ccc(-c2ccc(F)cc2)c(F)c1)CCCCCCOc1ccc(-c2ccc(F)cc2)c(F)c1. The molecule has 0 aromatic heterocycles. The fourth-order valence-corrected chi connectivity index (χ4v) is 5.87. The van der Waals surface area contributed by atoms with Gasteiger partial charge in [0.05, 0.1) is 13.2 Å². The van der Waals surface area contributed by atoms with E-state index in [0.29, 0.717) is 52.9 Å². The number of hydrogen-bond donors (Lipinski definition) is 1. The van der Waals surface area contributed by atoms with Crippen molar-refractivity contribution in [3.63, 3.8) is 0 Å². The lowest BCUT2D eigenvalue weighted by molar-refractivity contribution is 0.260. The summed E-state index contributed by atoms with van der Waals surface area (Å²) in [4.78, 5) is 0. The van der Waals surface area contributed by atoms with Crippen molar-refractivity contribution in [2.24, 2.45) is 5.92 Å². The van der Waals surface area contributed by atoms with Gasteiger partial charge >= 0.3 is 0 Å². The van der Waals surface area contributed by atoms with Crippen molar-refractivity contribution < 1.29 is 32.1 Å². The fourth-order valence-electron chi connectivity index (χ4n) is 5.87. The molecule has 0 atom stereocenters. The van der Waals surface area contributed by atoms with Crippen LogP contribution in [0.5, 0.6) is 11.5 Å². The molecule has 47 heavy (non-hydrogen) atoms. The lowest BCUT2D eigenvalue weighted by Crippen LogP contribution is -2.03. The normalized spacial score (nSPS) is 11.3. The predicted molar refractivity (Wildman–Crippen MR) is 181 cm³/mol. The molecule has 0 fully saturated rings. The van der Waals surface area contributed by atoms with E-state index in [-0.39, 0.29) is 29.9 Å². The minimum absolute atomic E-state index is 0.224. The maximum absolute atomic E-state index is 14.6. The highest BCUT2D eigenvalue weighted by Gasteiger charge is 2.11. The van der Waals surface area contributed by atoms with Gasteiger partial charge in [0, 0.05) is 29.9 Å². The van der Waals surface area contributed by atoms with Gasteiger partial charge < -0.3 is 14.6 Å². The molecular weight excluding hydrogens is 604 g/mol. The van der Waals surface area contributed by atoms with Gasteiger partial charge in [0.25, 0.3) is 0 Å². The highest BCUT2D eigenvalue weighted by Crippen LogP contribution is 2.28. The molecule has 0 bridgehead atoms. The second-order valence-electron chi connectivity index (χ2n) is 12.1. The first-order chi connectivity index (χ1) is 22.9. The Bertz CT molecular complexity index is 1370. The summed E-state index contributed by atoms with van der Waals surface area (Å²) in [5.41, 5.74) is 2.09. The standard InChI is InChI=1S/C40H46F4O3/c41-33-17-13-31(14-18-33)37-23-21-35(28-39(37)43)46-26-7-3-1-5-10-30(12-9-25-45)11-6-2-4-8-27-47-36-22-24-38(40(44)29-36)32-15-19-34(42)20-16-32/h13-24,28-30,45H,1-12,25-27H2. The van der Waals surface area contributed by atoms with Crippen LogP contribution in [-0.4, -0.2) is 24.9 Å². The monoisotopic (exact) mass is 650 g/mol. The van der Waals surface area contributed by atoms with E-state index in [1.165, 1.54) is 36.4 Å². The molecule has 252 valence electrons. The van der Waals surface area contributed by atoms with Crippen LogP contribution in [0.3, 0.4) is 0 Å². The lowest BCUT2D eigenvalue weighted by Gasteiger charge is -2.16. The van der Waals surface area contributed by atoms with Crippen LogP contribution in [-0.2, 0) is 0 Å². The number of hydrogen-bond acceptors (Lipinski definition) is 3. The molecular formula is C40H46F4O3. The Morgan fingerprint density at radius 1 is 0.468 bits per heavy atom. The van der Waals surface area contributed by atoms with Gasteiger partial charge in [0.2, 0.25) is 0 Å². The van der Waals surface area contributed by atoms with Crippen LogP contribution in [0.1, 0.15) is 77.0 Å². The Morgan fingerprint density at radius 3 is 1.28 bits per heavy atom. The minimum Gasteiger partial charge on any atom is -0.493 e. The van der Waals surface area contributed by atoms with E-state index in [4.69, 9.17) is 9.47 Å². The van der Waals surface area contributed by atoms with Crippen LogP contribution in [0, 0.1) is 29.2 Å². The topological polar surface area (TPSA) is 38.7 Å². The Labute approximate surface area is 276 Å². The molecule has 0 aliphatic carbocycles. The molecule has 3 nitrogen and oxygen atoms in total. The van der Waals surface area contributed by atoms with Crippen molar-refractivity contribution in [2.45, 2.75) is 77.0 Å².